The van der Waals surface area contributed by atoms with Gasteiger partial charge in [0.15, 0.2) is 0 Å². The molecule has 0 spiro atoms. The second-order valence-corrected chi connectivity index (χ2v) is 7.65. The lowest BCUT2D eigenvalue weighted by molar-refractivity contribution is -0.115. The fourth-order valence-electron chi connectivity index (χ4n) is 2.36. The zero-order valence-electron chi connectivity index (χ0n) is 14.3. The van der Waals surface area contributed by atoms with Crippen LogP contribution in [0.25, 0.3) is 10.6 Å². The Balaban J connectivity index is 1.65. The fourth-order valence-corrected chi connectivity index (χ4v) is 3.94. The van der Waals surface area contributed by atoms with Crippen molar-refractivity contribution in [1.82, 2.24) is 4.98 Å². The van der Waals surface area contributed by atoms with E-state index in [1.54, 1.807) is 35.7 Å². The van der Waals surface area contributed by atoms with Gasteiger partial charge in [0.2, 0.25) is 5.91 Å². The Labute approximate surface area is 166 Å². The number of aromatic nitrogens is 1. The van der Waals surface area contributed by atoms with E-state index in [4.69, 9.17) is 0 Å². The summed E-state index contributed by atoms with van der Waals surface area (Å²) in [5.74, 6) is -1.81. The molecule has 0 bridgehead atoms. The first-order chi connectivity index (χ1) is 13.3. The molecule has 9 heteroatoms. The summed E-state index contributed by atoms with van der Waals surface area (Å²) in [6.07, 6.45) is -4.33. The number of thiazole rings is 1. The van der Waals surface area contributed by atoms with Crippen molar-refractivity contribution < 1.29 is 22.4 Å². The first kappa shape index (κ1) is 20.3. The van der Waals surface area contributed by atoms with Crippen LogP contribution in [0.1, 0.15) is 5.69 Å². The van der Waals surface area contributed by atoms with Crippen molar-refractivity contribution in [3.8, 4) is 10.6 Å². The van der Waals surface area contributed by atoms with Gasteiger partial charge in [0.1, 0.15) is 10.8 Å². The van der Waals surface area contributed by atoms with E-state index in [2.05, 4.69) is 10.3 Å². The number of thioether (sulfide) groups is 1. The first-order valence-corrected chi connectivity index (χ1v) is 9.95. The topological polar surface area (TPSA) is 42.0 Å². The van der Waals surface area contributed by atoms with E-state index in [0.717, 1.165) is 0 Å². The molecule has 0 unspecified atom stereocenters. The van der Waals surface area contributed by atoms with Crippen LogP contribution in [-0.2, 0) is 11.2 Å². The number of benzene rings is 2. The minimum Gasteiger partial charge on any atom is -0.325 e. The van der Waals surface area contributed by atoms with Gasteiger partial charge in [-0.15, -0.1) is 23.1 Å². The van der Waals surface area contributed by atoms with Crippen molar-refractivity contribution in [2.45, 2.75) is 17.5 Å². The van der Waals surface area contributed by atoms with Gasteiger partial charge in [-0.3, -0.25) is 4.79 Å². The lowest BCUT2D eigenvalue weighted by Gasteiger charge is -2.11. The highest BCUT2D eigenvalue weighted by molar-refractivity contribution is 7.99. The van der Waals surface area contributed by atoms with E-state index in [-0.39, 0.29) is 12.2 Å². The van der Waals surface area contributed by atoms with Gasteiger partial charge < -0.3 is 5.32 Å². The van der Waals surface area contributed by atoms with Gasteiger partial charge >= 0.3 is 6.18 Å². The average molecular weight is 426 g/mol. The molecule has 0 aliphatic carbocycles. The molecule has 1 N–H and O–H groups in total. The summed E-state index contributed by atoms with van der Waals surface area (Å²) in [7, 11) is 0. The number of hydrogen-bond donors (Lipinski definition) is 1. The number of alkyl halides is 3. The van der Waals surface area contributed by atoms with Crippen LogP contribution in [0.3, 0.4) is 0 Å². The summed E-state index contributed by atoms with van der Waals surface area (Å²) in [4.78, 5) is 17.0. The third kappa shape index (κ3) is 5.80. The van der Waals surface area contributed by atoms with E-state index in [9.17, 15) is 22.4 Å². The highest BCUT2D eigenvalue weighted by atomic mass is 32.2. The number of rotatable bonds is 6. The normalized spacial score (nSPS) is 11.4. The van der Waals surface area contributed by atoms with Gasteiger partial charge in [-0.1, -0.05) is 24.3 Å². The Morgan fingerprint density at radius 2 is 1.93 bits per heavy atom. The first-order valence-electron chi connectivity index (χ1n) is 8.09. The maximum Gasteiger partial charge on any atom is 0.398 e. The number of carbonyl (C=O) groups excluding carboxylic acids is 1. The molecule has 0 aliphatic rings. The van der Waals surface area contributed by atoms with Gasteiger partial charge in [0.25, 0.3) is 0 Å². The molecule has 0 aliphatic heterocycles. The number of nitrogens with one attached hydrogen (secondary N) is 1. The van der Waals surface area contributed by atoms with Gasteiger partial charge in [-0.25, -0.2) is 9.37 Å². The van der Waals surface area contributed by atoms with Crippen LogP contribution in [0.5, 0.6) is 0 Å². The molecule has 0 radical (unpaired) electrons. The number of anilines is 1. The Morgan fingerprint density at radius 3 is 2.68 bits per heavy atom. The summed E-state index contributed by atoms with van der Waals surface area (Å²) in [5.41, 5.74) is 1.44. The summed E-state index contributed by atoms with van der Waals surface area (Å²) in [5, 5.41) is 4.92. The highest BCUT2D eigenvalue weighted by Gasteiger charge is 2.27. The molecule has 0 saturated heterocycles. The molecule has 28 heavy (non-hydrogen) atoms. The summed E-state index contributed by atoms with van der Waals surface area (Å²) < 4.78 is 50.7. The van der Waals surface area contributed by atoms with Crippen LogP contribution in [0.4, 0.5) is 23.2 Å². The fraction of sp³-hybridized carbons (Fsp3) is 0.158. The Hall–Kier alpha value is -2.39. The molecule has 1 aromatic heterocycles. The van der Waals surface area contributed by atoms with Crippen molar-refractivity contribution in [1.29, 1.82) is 0 Å². The van der Waals surface area contributed by atoms with E-state index < -0.39 is 17.8 Å². The van der Waals surface area contributed by atoms with E-state index in [1.807, 2.05) is 0 Å². The van der Waals surface area contributed by atoms with E-state index in [1.165, 1.54) is 29.5 Å². The minimum atomic E-state index is -4.30. The molecule has 3 aromatic rings. The number of hydrogen-bond acceptors (Lipinski definition) is 4. The smallest absolute Gasteiger partial charge is 0.325 e. The number of para-hydroxylation sites is 1. The third-order valence-electron chi connectivity index (χ3n) is 3.52. The Kier molecular flexibility index (Phi) is 6.35. The number of nitrogens with zero attached hydrogens (tertiary/aromatic N) is 1. The highest BCUT2D eigenvalue weighted by Crippen LogP contribution is 2.32. The minimum absolute atomic E-state index is 0.0376. The van der Waals surface area contributed by atoms with Crippen LogP contribution in [0.2, 0.25) is 0 Å². The third-order valence-corrected chi connectivity index (χ3v) is 5.60. The summed E-state index contributed by atoms with van der Waals surface area (Å²) in [6.45, 7) is 0. The Morgan fingerprint density at radius 1 is 1.14 bits per heavy atom. The predicted octanol–water partition coefficient (Wildman–Crippen LogP) is 5.78. The monoisotopic (exact) mass is 426 g/mol. The van der Waals surface area contributed by atoms with E-state index in [0.29, 0.717) is 38.6 Å². The van der Waals surface area contributed by atoms with Crippen molar-refractivity contribution in [3.63, 3.8) is 0 Å². The van der Waals surface area contributed by atoms with Crippen molar-refractivity contribution in [2.24, 2.45) is 0 Å². The molecular formula is C19H14F4N2OS2. The van der Waals surface area contributed by atoms with Gasteiger partial charge in [-0.2, -0.15) is 13.2 Å². The largest absolute Gasteiger partial charge is 0.398 e. The molecule has 1 amide bonds. The van der Waals surface area contributed by atoms with Crippen LogP contribution >= 0.6 is 23.1 Å². The Bertz CT molecular complexity index is 972. The van der Waals surface area contributed by atoms with Crippen molar-refractivity contribution in [3.05, 3.63) is 65.4 Å². The lowest BCUT2D eigenvalue weighted by atomic mass is 10.2. The zero-order chi connectivity index (χ0) is 20.1. The summed E-state index contributed by atoms with van der Waals surface area (Å²) in [6, 6.07) is 12.3. The van der Waals surface area contributed by atoms with Gasteiger partial charge in [0, 0.05) is 15.8 Å². The number of amides is 1. The molecule has 0 atom stereocenters. The van der Waals surface area contributed by atoms with Crippen LogP contribution in [-0.4, -0.2) is 22.8 Å². The SMILES string of the molecule is O=C(Cc1csc(-c2cccc(F)c2)n1)Nc1ccccc1SCC(F)(F)F. The predicted molar refractivity (Wildman–Crippen MR) is 103 cm³/mol. The number of carbonyl (C=O) groups is 1. The van der Waals surface area contributed by atoms with Crippen LogP contribution in [0.15, 0.2) is 58.8 Å². The lowest BCUT2D eigenvalue weighted by Crippen LogP contribution is -2.16. The van der Waals surface area contributed by atoms with Crippen LogP contribution in [0, 0.1) is 5.82 Å². The van der Waals surface area contributed by atoms with Crippen molar-refractivity contribution >= 4 is 34.7 Å². The van der Waals surface area contributed by atoms with Gasteiger partial charge in [0.05, 0.1) is 23.6 Å². The molecule has 0 saturated carbocycles. The van der Waals surface area contributed by atoms with Gasteiger partial charge in [-0.05, 0) is 24.3 Å². The molecule has 3 rings (SSSR count). The molecular weight excluding hydrogens is 412 g/mol. The standard InChI is InChI=1S/C19H14F4N2OS2/c20-13-5-3-4-12(8-13)18-24-14(10-27-18)9-17(26)25-15-6-1-2-7-16(15)28-11-19(21,22)23/h1-8,10H,9,11H2,(H,25,26). The molecule has 0 fully saturated rings. The molecule has 2 aromatic carbocycles. The van der Waals surface area contributed by atoms with Crippen LogP contribution < -0.4 is 5.32 Å². The molecule has 1 heterocycles. The van der Waals surface area contributed by atoms with E-state index >= 15 is 0 Å². The number of halogens is 4. The molecule has 3 nitrogen and oxygen atoms in total. The second-order valence-electron chi connectivity index (χ2n) is 5.78. The quantitative estimate of drug-likeness (QED) is 0.401. The second kappa shape index (κ2) is 8.74. The maximum atomic E-state index is 13.3. The maximum absolute atomic E-state index is 13.3. The molecule has 146 valence electrons. The average Bonchev–Trinajstić information content (AvgIpc) is 3.08. The zero-order valence-corrected chi connectivity index (χ0v) is 15.9. The van der Waals surface area contributed by atoms with Crippen molar-refractivity contribution in [2.75, 3.05) is 11.1 Å². The summed E-state index contributed by atoms with van der Waals surface area (Å²) >= 11 is 1.90.